The number of nitrogens with one attached hydrogen (secondary N) is 2. The van der Waals surface area contributed by atoms with Gasteiger partial charge in [0.1, 0.15) is 0 Å². The second kappa shape index (κ2) is 10.6. The van der Waals surface area contributed by atoms with Gasteiger partial charge in [0, 0.05) is 24.9 Å². The lowest BCUT2D eigenvalue weighted by molar-refractivity contribution is -0.131. The minimum Gasteiger partial charge on any atom is -0.354 e. The molecule has 0 aliphatic heterocycles. The average Bonchev–Trinajstić information content (AvgIpc) is 2.64. The lowest BCUT2D eigenvalue weighted by Gasteiger charge is -2.37. The Morgan fingerprint density at radius 1 is 0.714 bits per heavy atom. The fourth-order valence-corrected chi connectivity index (χ4v) is 5.64. The molecule has 0 unspecified atom stereocenters. The molecule has 6 atom stereocenters. The van der Waals surface area contributed by atoms with Gasteiger partial charge < -0.3 is 10.6 Å². The molecule has 0 radical (unpaired) electrons. The molecule has 0 bridgehead atoms. The van der Waals surface area contributed by atoms with E-state index in [0.717, 1.165) is 25.7 Å². The molecule has 2 aliphatic carbocycles. The van der Waals surface area contributed by atoms with Crippen LogP contribution in [0.1, 0.15) is 80.1 Å². The van der Waals surface area contributed by atoms with Crippen molar-refractivity contribution in [2.24, 2.45) is 47.3 Å². The molecule has 2 aliphatic rings. The zero-order chi connectivity index (χ0) is 20.8. The van der Waals surface area contributed by atoms with E-state index in [-0.39, 0.29) is 23.7 Å². The fourth-order valence-electron chi connectivity index (χ4n) is 5.64. The standard InChI is InChI=1S/C24H44N2O2/c1-15(2)19-9-7-17(5)13-21(19)23(27)25-11-12-26-24(28)22-14-18(6)8-10-20(22)16(3)4/h15-22H,7-14H2,1-6H3,(H,25,27)(H,26,28)/t17-,18-,19+,20+,21-,22-/m1/s1. The van der Waals surface area contributed by atoms with Crippen LogP contribution in [-0.2, 0) is 9.59 Å². The number of hydrogen-bond acceptors (Lipinski definition) is 2. The smallest absolute Gasteiger partial charge is 0.223 e. The van der Waals surface area contributed by atoms with Crippen molar-refractivity contribution < 1.29 is 9.59 Å². The van der Waals surface area contributed by atoms with Crippen LogP contribution in [0, 0.1) is 47.3 Å². The van der Waals surface area contributed by atoms with E-state index in [2.05, 4.69) is 52.2 Å². The largest absolute Gasteiger partial charge is 0.354 e. The van der Waals surface area contributed by atoms with Gasteiger partial charge in [-0.05, 0) is 61.2 Å². The van der Waals surface area contributed by atoms with Gasteiger partial charge in [-0.25, -0.2) is 0 Å². The Bertz CT molecular complexity index is 471. The maximum Gasteiger partial charge on any atom is 0.223 e. The predicted octanol–water partition coefficient (Wildman–Crippen LogP) is 4.64. The van der Waals surface area contributed by atoms with Crippen LogP contribution in [0.25, 0.3) is 0 Å². The first-order valence-corrected chi connectivity index (χ1v) is 11.8. The van der Waals surface area contributed by atoms with E-state index in [1.807, 2.05) is 0 Å². The van der Waals surface area contributed by atoms with Gasteiger partial charge in [-0.3, -0.25) is 9.59 Å². The molecule has 0 saturated heterocycles. The van der Waals surface area contributed by atoms with E-state index in [1.54, 1.807) is 0 Å². The molecule has 2 rings (SSSR count). The Kier molecular flexibility index (Phi) is 8.82. The Morgan fingerprint density at radius 2 is 1.07 bits per heavy atom. The quantitative estimate of drug-likeness (QED) is 0.620. The molecule has 2 saturated carbocycles. The van der Waals surface area contributed by atoms with Crippen LogP contribution in [0.5, 0.6) is 0 Å². The minimum atomic E-state index is 0.129. The second-order valence-corrected chi connectivity index (χ2v) is 10.4. The van der Waals surface area contributed by atoms with Crippen LogP contribution in [0.15, 0.2) is 0 Å². The summed E-state index contributed by atoms with van der Waals surface area (Å²) in [7, 11) is 0. The highest BCUT2D eigenvalue weighted by molar-refractivity contribution is 5.80. The van der Waals surface area contributed by atoms with Crippen LogP contribution in [-0.4, -0.2) is 24.9 Å². The third-order valence-electron chi connectivity index (χ3n) is 7.44. The molecule has 28 heavy (non-hydrogen) atoms. The van der Waals surface area contributed by atoms with Crippen molar-refractivity contribution in [1.29, 1.82) is 0 Å². The van der Waals surface area contributed by atoms with E-state index in [4.69, 9.17) is 0 Å². The lowest BCUT2D eigenvalue weighted by atomic mass is 9.69. The summed E-state index contributed by atoms with van der Waals surface area (Å²) in [5.74, 6) is 3.96. The van der Waals surface area contributed by atoms with Crippen LogP contribution >= 0.6 is 0 Å². The average molecular weight is 393 g/mol. The first-order chi connectivity index (χ1) is 13.2. The highest BCUT2D eigenvalue weighted by Crippen LogP contribution is 2.39. The summed E-state index contributed by atoms with van der Waals surface area (Å²) in [6.45, 7) is 14.5. The maximum absolute atomic E-state index is 12.8. The number of carbonyl (C=O) groups excluding carboxylic acids is 2. The van der Waals surface area contributed by atoms with Crippen molar-refractivity contribution >= 4 is 11.8 Å². The van der Waals surface area contributed by atoms with E-state index in [0.29, 0.717) is 48.6 Å². The number of amides is 2. The van der Waals surface area contributed by atoms with Crippen molar-refractivity contribution in [2.45, 2.75) is 80.1 Å². The summed E-state index contributed by atoms with van der Waals surface area (Å²) in [5, 5.41) is 6.21. The van der Waals surface area contributed by atoms with Gasteiger partial charge in [-0.1, -0.05) is 54.4 Å². The second-order valence-electron chi connectivity index (χ2n) is 10.4. The summed E-state index contributed by atoms with van der Waals surface area (Å²) in [6, 6.07) is 0. The molecular weight excluding hydrogens is 348 g/mol. The summed E-state index contributed by atoms with van der Waals surface area (Å²) >= 11 is 0. The Hall–Kier alpha value is -1.06. The normalized spacial score (nSPS) is 33.7. The summed E-state index contributed by atoms with van der Waals surface area (Å²) in [5.41, 5.74) is 0. The first-order valence-electron chi connectivity index (χ1n) is 11.8. The van der Waals surface area contributed by atoms with Crippen molar-refractivity contribution in [2.75, 3.05) is 13.1 Å². The Balaban J connectivity index is 1.79. The van der Waals surface area contributed by atoms with Crippen molar-refractivity contribution in [1.82, 2.24) is 10.6 Å². The number of carbonyl (C=O) groups is 2. The molecule has 2 amide bonds. The monoisotopic (exact) mass is 392 g/mol. The van der Waals surface area contributed by atoms with E-state index in [1.165, 1.54) is 12.8 Å². The van der Waals surface area contributed by atoms with Gasteiger partial charge in [0.25, 0.3) is 0 Å². The maximum atomic E-state index is 12.8. The zero-order valence-electron chi connectivity index (χ0n) is 19.1. The highest BCUT2D eigenvalue weighted by atomic mass is 16.2. The van der Waals surface area contributed by atoms with Gasteiger partial charge >= 0.3 is 0 Å². The van der Waals surface area contributed by atoms with E-state index in [9.17, 15) is 9.59 Å². The van der Waals surface area contributed by atoms with Crippen LogP contribution in [0.2, 0.25) is 0 Å². The van der Waals surface area contributed by atoms with Gasteiger partial charge in [0.15, 0.2) is 0 Å². The van der Waals surface area contributed by atoms with Crippen LogP contribution in [0.4, 0.5) is 0 Å². The highest BCUT2D eigenvalue weighted by Gasteiger charge is 2.36. The molecule has 2 N–H and O–H groups in total. The molecule has 2 fully saturated rings. The van der Waals surface area contributed by atoms with Gasteiger partial charge in [0.05, 0.1) is 0 Å². The first kappa shape index (κ1) is 23.2. The zero-order valence-corrected chi connectivity index (χ0v) is 19.1. The molecule has 0 aromatic rings. The molecule has 0 aromatic carbocycles. The molecular formula is C24H44N2O2. The molecule has 0 heterocycles. The number of rotatable bonds is 7. The molecule has 0 aromatic heterocycles. The van der Waals surface area contributed by atoms with Gasteiger partial charge in [-0.15, -0.1) is 0 Å². The van der Waals surface area contributed by atoms with Crippen LogP contribution < -0.4 is 10.6 Å². The third kappa shape index (κ3) is 6.22. The third-order valence-corrected chi connectivity index (χ3v) is 7.44. The fraction of sp³-hybridized carbons (Fsp3) is 0.917. The van der Waals surface area contributed by atoms with Crippen molar-refractivity contribution in [3.63, 3.8) is 0 Å². The summed E-state index contributed by atoms with van der Waals surface area (Å²) in [6.07, 6.45) is 6.78. The predicted molar refractivity (Wildman–Crippen MR) is 116 cm³/mol. The van der Waals surface area contributed by atoms with E-state index < -0.39 is 0 Å². The Labute approximate surface area is 173 Å². The molecule has 162 valence electrons. The van der Waals surface area contributed by atoms with E-state index >= 15 is 0 Å². The Morgan fingerprint density at radius 3 is 1.39 bits per heavy atom. The summed E-state index contributed by atoms with van der Waals surface area (Å²) in [4.78, 5) is 25.5. The molecule has 4 nitrogen and oxygen atoms in total. The molecule has 0 spiro atoms. The molecule has 4 heteroatoms. The summed E-state index contributed by atoms with van der Waals surface area (Å²) < 4.78 is 0. The van der Waals surface area contributed by atoms with Crippen molar-refractivity contribution in [3.05, 3.63) is 0 Å². The van der Waals surface area contributed by atoms with Gasteiger partial charge in [0.2, 0.25) is 11.8 Å². The number of hydrogen-bond donors (Lipinski definition) is 2. The topological polar surface area (TPSA) is 58.2 Å². The lowest BCUT2D eigenvalue weighted by Crippen LogP contribution is -2.45. The van der Waals surface area contributed by atoms with Gasteiger partial charge in [-0.2, -0.15) is 0 Å². The van der Waals surface area contributed by atoms with Crippen molar-refractivity contribution in [3.8, 4) is 0 Å². The minimum absolute atomic E-state index is 0.129. The SMILES string of the molecule is CC(C)[C@@H]1CC[C@@H](C)C[C@H]1C(=O)NCCNC(=O)[C@@H]1C[C@H](C)CC[C@H]1C(C)C. The van der Waals surface area contributed by atoms with Crippen LogP contribution in [0.3, 0.4) is 0 Å².